The Morgan fingerprint density at radius 1 is 1.53 bits per heavy atom. The highest BCUT2D eigenvalue weighted by Crippen LogP contribution is 2.23. The summed E-state index contributed by atoms with van der Waals surface area (Å²) in [7, 11) is 0. The van der Waals surface area contributed by atoms with Gasteiger partial charge in [0.1, 0.15) is 0 Å². The molecule has 1 atom stereocenters. The average molecular weight is 242 g/mol. The van der Waals surface area contributed by atoms with Gasteiger partial charge in [0, 0.05) is 19.1 Å². The first-order valence-electron chi connectivity index (χ1n) is 6.38. The molecule has 2 rings (SSSR count). The summed E-state index contributed by atoms with van der Waals surface area (Å²) in [5.74, 6) is 0.514. The summed E-state index contributed by atoms with van der Waals surface area (Å²) in [5.41, 5.74) is -0.458. The van der Waals surface area contributed by atoms with Gasteiger partial charge in [-0.2, -0.15) is 0 Å². The van der Waals surface area contributed by atoms with Crippen molar-refractivity contribution in [2.75, 3.05) is 32.9 Å². The standard InChI is InChI=1S/C12H22N2O3/c1-9(10-6-13-7-10)11(16)14-12(8-15)2-4-17-5-3-12/h9-10,13,15H,2-8H2,1H3,(H,14,16). The van der Waals surface area contributed by atoms with Crippen molar-refractivity contribution in [3.05, 3.63) is 0 Å². The molecule has 2 heterocycles. The van der Waals surface area contributed by atoms with Gasteiger partial charge in [-0.15, -0.1) is 0 Å². The van der Waals surface area contributed by atoms with Gasteiger partial charge in [0.25, 0.3) is 0 Å². The van der Waals surface area contributed by atoms with E-state index < -0.39 is 5.54 Å². The Labute approximate surface area is 102 Å². The Hall–Kier alpha value is -0.650. The summed E-state index contributed by atoms with van der Waals surface area (Å²) in [5, 5.41) is 15.7. The van der Waals surface area contributed by atoms with Crippen molar-refractivity contribution in [2.45, 2.75) is 25.3 Å². The molecule has 0 aromatic carbocycles. The maximum absolute atomic E-state index is 12.1. The zero-order valence-corrected chi connectivity index (χ0v) is 10.4. The van der Waals surface area contributed by atoms with Crippen LogP contribution in [0, 0.1) is 11.8 Å². The Kier molecular flexibility index (Phi) is 4.01. The summed E-state index contributed by atoms with van der Waals surface area (Å²) in [6, 6.07) is 0. The largest absolute Gasteiger partial charge is 0.394 e. The summed E-state index contributed by atoms with van der Waals surface area (Å²) in [6.07, 6.45) is 1.40. The zero-order chi connectivity index (χ0) is 12.3. The number of carbonyl (C=O) groups is 1. The molecule has 2 aliphatic rings. The normalized spacial score (nSPS) is 26.0. The minimum atomic E-state index is -0.458. The topological polar surface area (TPSA) is 70.6 Å². The van der Waals surface area contributed by atoms with Gasteiger partial charge >= 0.3 is 0 Å². The summed E-state index contributed by atoms with van der Waals surface area (Å²) < 4.78 is 5.28. The highest BCUT2D eigenvalue weighted by atomic mass is 16.5. The fourth-order valence-electron chi connectivity index (χ4n) is 2.34. The first kappa shape index (κ1) is 12.8. The molecule has 5 heteroatoms. The molecule has 0 saturated carbocycles. The van der Waals surface area contributed by atoms with Gasteiger partial charge in [0.2, 0.25) is 5.91 Å². The Balaban J connectivity index is 1.90. The SMILES string of the molecule is CC(C(=O)NC1(CO)CCOCC1)C1CNC1. The molecule has 2 saturated heterocycles. The van der Waals surface area contributed by atoms with E-state index in [0.29, 0.717) is 32.0 Å². The van der Waals surface area contributed by atoms with E-state index in [2.05, 4.69) is 10.6 Å². The molecule has 1 amide bonds. The number of ether oxygens (including phenoxy) is 1. The van der Waals surface area contributed by atoms with Gasteiger partial charge in [0.15, 0.2) is 0 Å². The molecule has 0 aromatic heterocycles. The molecule has 2 fully saturated rings. The van der Waals surface area contributed by atoms with Crippen LogP contribution in [0.5, 0.6) is 0 Å². The average Bonchev–Trinajstić information content (AvgIpc) is 2.28. The molecule has 98 valence electrons. The van der Waals surface area contributed by atoms with E-state index in [0.717, 1.165) is 13.1 Å². The second-order valence-electron chi connectivity index (χ2n) is 5.25. The maximum Gasteiger partial charge on any atom is 0.223 e. The van der Waals surface area contributed by atoms with Crippen molar-refractivity contribution in [3.8, 4) is 0 Å². The number of hydrogen-bond donors (Lipinski definition) is 3. The van der Waals surface area contributed by atoms with Crippen LogP contribution in [0.25, 0.3) is 0 Å². The van der Waals surface area contributed by atoms with Crippen LogP contribution >= 0.6 is 0 Å². The number of aliphatic hydroxyl groups excluding tert-OH is 1. The van der Waals surface area contributed by atoms with Gasteiger partial charge in [-0.05, 0) is 31.8 Å². The fourth-order valence-corrected chi connectivity index (χ4v) is 2.34. The van der Waals surface area contributed by atoms with Crippen LogP contribution in [0.15, 0.2) is 0 Å². The first-order chi connectivity index (χ1) is 8.17. The van der Waals surface area contributed by atoms with Crippen molar-refractivity contribution >= 4 is 5.91 Å². The predicted octanol–water partition coefficient (Wildman–Crippen LogP) is -0.500. The van der Waals surface area contributed by atoms with Crippen molar-refractivity contribution in [1.29, 1.82) is 0 Å². The smallest absolute Gasteiger partial charge is 0.223 e. The third-order valence-electron chi connectivity index (χ3n) is 4.07. The van der Waals surface area contributed by atoms with E-state index in [1.807, 2.05) is 6.92 Å². The quantitative estimate of drug-likeness (QED) is 0.621. The van der Waals surface area contributed by atoms with Crippen LogP contribution in [0.2, 0.25) is 0 Å². The van der Waals surface area contributed by atoms with Crippen molar-refractivity contribution in [2.24, 2.45) is 11.8 Å². The molecule has 0 aromatic rings. The Bertz CT molecular complexity index is 273. The molecular weight excluding hydrogens is 220 g/mol. The second-order valence-corrected chi connectivity index (χ2v) is 5.25. The van der Waals surface area contributed by atoms with Crippen LogP contribution in [0.1, 0.15) is 19.8 Å². The second kappa shape index (κ2) is 5.33. The monoisotopic (exact) mass is 242 g/mol. The summed E-state index contributed by atoms with van der Waals surface area (Å²) in [6.45, 7) is 5.02. The Morgan fingerprint density at radius 3 is 2.65 bits per heavy atom. The molecule has 0 aliphatic carbocycles. The van der Waals surface area contributed by atoms with E-state index >= 15 is 0 Å². The maximum atomic E-state index is 12.1. The lowest BCUT2D eigenvalue weighted by Gasteiger charge is -2.39. The number of amides is 1. The first-order valence-corrected chi connectivity index (χ1v) is 6.38. The van der Waals surface area contributed by atoms with Gasteiger partial charge in [0.05, 0.1) is 12.1 Å². The molecule has 1 unspecified atom stereocenters. The molecule has 5 nitrogen and oxygen atoms in total. The third kappa shape index (κ3) is 2.78. The minimum absolute atomic E-state index is 0.00225. The molecular formula is C12H22N2O3. The summed E-state index contributed by atoms with van der Waals surface area (Å²) >= 11 is 0. The molecule has 0 bridgehead atoms. The highest BCUT2D eigenvalue weighted by Gasteiger charge is 2.37. The number of aliphatic hydroxyl groups is 1. The molecule has 0 radical (unpaired) electrons. The highest BCUT2D eigenvalue weighted by molar-refractivity contribution is 5.79. The molecule has 2 aliphatic heterocycles. The molecule has 0 spiro atoms. The van der Waals surface area contributed by atoms with Crippen LogP contribution in [-0.4, -0.2) is 49.5 Å². The fraction of sp³-hybridized carbons (Fsp3) is 0.917. The van der Waals surface area contributed by atoms with Gasteiger partial charge < -0.3 is 20.5 Å². The van der Waals surface area contributed by atoms with E-state index in [-0.39, 0.29) is 18.4 Å². The van der Waals surface area contributed by atoms with E-state index in [1.165, 1.54) is 0 Å². The molecule has 3 N–H and O–H groups in total. The number of hydrogen-bond acceptors (Lipinski definition) is 4. The van der Waals surface area contributed by atoms with E-state index in [9.17, 15) is 9.90 Å². The summed E-state index contributed by atoms with van der Waals surface area (Å²) in [4.78, 5) is 12.1. The van der Waals surface area contributed by atoms with Gasteiger partial charge in [-0.3, -0.25) is 4.79 Å². The van der Waals surface area contributed by atoms with E-state index in [1.54, 1.807) is 0 Å². The Morgan fingerprint density at radius 2 is 2.18 bits per heavy atom. The van der Waals surface area contributed by atoms with Gasteiger partial charge in [-0.1, -0.05) is 6.92 Å². The van der Waals surface area contributed by atoms with Crippen LogP contribution < -0.4 is 10.6 Å². The third-order valence-corrected chi connectivity index (χ3v) is 4.07. The number of nitrogens with one attached hydrogen (secondary N) is 2. The predicted molar refractivity (Wildman–Crippen MR) is 63.5 cm³/mol. The van der Waals surface area contributed by atoms with Crippen LogP contribution in [0.4, 0.5) is 0 Å². The van der Waals surface area contributed by atoms with Gasteiger partial charge in [-0.25, -0.2) is 0 Å². The van der Waals surface area contributed by atoms with Crippen LogP contribution in [0.3, 0.4) is 0 Å². The lowest BCUT2D eigenvalue weighted by atomic mass is 9.85. The minimum Gasteiger partial charge on any atom is -0.394 e. The lowest BCUT2D eigenvalue weighted by molar-refractivity contribution is -0.131. The van der Waals surface area contributed by atoms with Crippen molar-refractivity contribution in [3.63, 3.8) is 0 Å². The van der Waals surface area contributed by atoms with Crippen molar-refractivity contribution < 1.29 is 14.6 Å². The van der Waals surface area contributed by atoms with E-state index in [4.69, 9.17) is 4.74 Å². The number of carbonyl (C=O) groups excluding carboxylic acids is 1. The van der Waals surface area contributed by atoms with Crippen LogP contribution in [-0.2, 0) is 9.53 Å². The lowest BCUT2D eigenvalue weighted by Crippen LogP contribution is -2.58. The van der Waals surface area contributed by atoms with Crippen molar-refractivity contribution in [1.82, 2.24) is 10.6 Å². The number of rotatable bonds is 4. The molecule has 17 heavy (non-hydrogen) atoms. The zero-order valence-electron chi connectivity index (χ0n) is 10.4.